The van der Waals surface area contributed by atoms with Crippen molar-refractivity contribution in [1.29, 1.82) is 0 Å². The van der Waals surface area contributed by atoms with Crippen molar-refractivity contribution in [3.05, 3.63) is 58.9 Å². The van der Waals surface area contributed by atoms with Gasteiger partial charge < -0.3 is 5.32 Å². The number of nitrogens with zero attached hydrogens (tertiary/aromatic N) is 2. The minimum Gasteiger partial charge on any atom is -0.325 e. The predicted molar refractivity (Wildman–Crippen MR) is 97.3 cm³/mol. The average Bonchev–Trinajstić information content (AvgIpc) is 3.06. The molecule has 0 fully saturated rings. The molecule has 0 spiro atoms. The van der Waals surface area contributed by atoms with Gasteiger partial charge in [0, 0.05) is 16.3 Å². The van der Waals surface area contributed by atoms with Gasteiger partial charge in [-0.05, 0) is 48.9 Å². The second kappa shape index (κ2) is 7.67. The van der Waals surface area contributed by atoms with E-state index in [1.807, 2.05) is 12.1 Å². The monoisotopic (exact) mass is 376 g/mol. The average molecular weight is 377 g/mol. The number of halogens is 2. The number of hydrogen-bond acceptors (Lipinski definition) is 4. The van der Waals surface area contributed by atoms with Gasteiger partial charge in [-0.2, -0.15) is 0 Å². The summed E-state index contributed by atoms with van der Waals surface area (Å²) in [4.78, 5) is 16.4. The maximum absolute atomic E-state index is 13.2. The SMILES string of the molecule is Cc1ccc(F)cc1NC(=O)CSc1n[nH]c(-c2ccc(Cl)cc2)n1. The molecular weight excluding hydrogens is 363 g/mol. The van der Waals surface area contributed by atoms with Crippen LogP contribution in [0.3, 0.4) is 0 Å². The van der Waals surface area contributed by atoms with Crippen LogP contribution in [0.2, 0.25) is 5.02 Å². The molecular formula is C17H14ClFN4OS. The predicted octanol–water partition coefficient (Wildman–Crippen LogP) is 4.30. The molecule has 3 aromatic rings. The van der Waals surface area contributed by atoms with Crippen molar-refractivity contribution in [3.63, 3.8) is 0 Å². The number of nitrogens with one attached hydrogen (secondary N) is 2. The van der Waals surface area contributed by atoms with Gasteiger partial charge in [0.15, 0.2) is 5.82 Å². The number of rotatable bonds is 5. The van der Waals surface area contributed by atoms with E-state index in [0.717, 1.165) is 11.1 Å². The molecule has 3 rings (SSSR count). The largest absolute Gasteiger partial charge is 0.325 e. The Labute approximate surface area is 153 Å². The number of amides is 1. The van der Waals surface area contributed by atoms with Crippen molar-refractivity contribution in [2.45, 2.75) is 12.1 Å². The van der Waals surface area contributed by atoms with Crippen molar-refractivity contribution in [2.24, 2.45) is 0 Å². The van der Waals surface area contributed by atoms with E-state index < -0.39 is 5.82 Å². The molecule has 25 heavy (non-hydrogen) atoms. The Balaban J connectivity index is 1.59. The molecule has 128 valence electrons. The van der Waals surface area contributed by atoms with Crippen LogP contribution >= 0.6 is 23.4 Å². The summed E-state index contributed by atoms with van der Waals surface area (Å²) in [6, 6.07) is 11.5. The van der Waals surface area contributed by atoms with Gasteiger partial charge in [-0.1, -0.05) is 29.4 Å². The zero-order valence-corrected chi connectivity index (χ0v) is 14.8. The molecule has 0 aliphatic heterocycles. The first-order valence-corrected chi connectivity index (χ1v) is 8.75. The number of thioether (sulfide) groups is 1. The van der Waals surface area contributed by atoms with Crippen molar-refractivity contribution >= 4 is 35.0 Å². The molecule has 5 nitrogen and oxygen atoms in total. The molecule has 0 aliphatic carbocycles. The van der Waals surface area contributed by atoms with E-state index in [2.05, 4.69) is 20.5 Å². The summed E-state index contributed by atoms with van der Waals surface area (Å²) in [6.07, 6.45) is 0. The third-order valence-electron chi connectivity index (χ3n) is 3.39. The molecule has 0 atom stereocenters. The lowest BCUT2D eigenvalue weighted by Crippen LogP contribution is -2.15. The van der Waals surface area contributed by atoms with Gasteiger partial charge in [0.1, 0.15) is 5.82 Å². The van der Waals surface area contributed by atoms with Gasteiger partial charge >= 0.3 is 0 Å². The summed E-state index contributed by atoms with van der Waals surface area (Å²) < 4.78 is 13.2. The van der Waals surface area contributed by atoms with Gasteiger partial charge in [-0.3, -0.25) is 9.89 Å². The van der Waals surface area contributed by atoms with Gasteiger partial charge in [0.05, 0.1) is 5.75 Å². The van der Waals surface area contributed by atoms with Gasteiger partial charge in [-0.15, -0.1) is 5.10 Å². The highest BCUT2D eigenvalue weighted by molar-refractivity contribution is 7.99. The number of aromatic nitrogens is 3. The number of aryl methyl sites for hydroxylation is 1. The summed E-state index contributed by atoms with van der Waals surface area (Å²) >= 11 is 7.05. The Morgan fingerprint density at radius 1 is 1.28 bits per heavy atom. The first-order chi connectivity index (χ1) is 12.0. The lowest BCUT2D eigenvalue weighted by atomic mass is 10.2. The molecule has 1 amide bonds. The van der Waals surface area contributed by atoms with Crippen LogP contribution in [0.4, 0.5) is 10.1 Å². The zero-order valence-electron chi connectivity index (χ0n) is 13.2. The Morgan fingerprint density at radius 3 is 2.80 bits per heavy atom. The van der Waals surface area contributed by atoms with Crippen LogP contribution in [0.1, 0.15) is 5.56 Å². The third kappa shape index (κ3) is 4.58. The van der Waals surface area contributed by atoms with E-state index in [1.165, 1.54) is 23.9 Å². The Hall–Kier alpha value is -2.38. The lowest BCUT2D eigenvalue weighted by molar-refractivity contribution is -0.113. The number of H-pyrrole nitrogens is 1. The van der Waals surface area contributed by atoms with E-state index in [0.29, 0.717) is 21.7 Å². The molecule has 0 saturated heterocycles. The minimum atomic E-state index is -0.393. The summed E-state index contributed by atoms with van der Waals surface area (Å²) in [5.41, 5.74) is 2.11. The number of carbonyl (C=O) groups excluding carboxylic acids is 1. The van der Waals surface area contributed by atoms with Crippen molar-refractivity contribution < 1.29 is 9.18 Å². The number of carbonyl (C=O) groups is 1. The summed E-state index contributed by atoms with van der Waals surface area (Å²) in [5, 5.41) is 10.7. The first kappa shape index (κ1) is 17.4. The number of benzene rings is 2. The normalized spacial score (nSPS) is 10.7. The quantitative estimate of drug-likeness (QED) is 0.651. The highest BCUT2D eigenvalue weighted by Crippen LogP contribution is 2.21. The van der Waals surface area contributed by atoms with Crippen molar-refractivity contribution in [3.8, 4) is 11.4 Å². The zero-order chi connectivity index (χ0) is 17.8. The Morgan fingerprint density at radius 2 is 2.04 bits per heavy atom. The maximum atomic E-state index is 13.2. The summed E-state index contributed by atoms with van der Waals surface area (Å²) in [7, 11) is 0. The van der Waals surface area contributed by atoms with Crippen LogP contribution in [0, 0.1) is 12.7 Å². The lowest BCUT2D eigenvalue weighted by Gasteiger charge is -2.07. The van der Waals surface area contributed by atoms with Crippen LogP contribution in [0.15, 0.2) is 47.6 Å². The Kier molecular flexibility index (Phi) is 5.35. The topological polar surface area (TPSA) is 70.7 Å². The molecule has 1 heterocycles. The second-order valence-corrected chi connectivity index (χ2v) is 6.65. The van der Waals surface area contributed by atoms with E-state index in [9.17, 15) is 9.18 Å². The van der Waals surface area contributed by atoms with Gasteiger partial charge in [0.25, 0.3) is 0 Å². The molecule has 0 radical (unpaired) electrons. The number of aromatic amines is 1. The molecule has 8 heteroatoms. The second-order valence-electron chi connectivity index (χ2n) is 5.27. The smallest absolute Gasteiger partial charge is 0.234 e. The van der Waals surface area contributed by atoms with E-state index in [4.69, 9.17) is 11.6 Å². The van der Waals surface area contributed by atoms with Crippen LogP contribution in [0.5, 0.6) is 0 Å². The molecule has 2 N–H and O–H groups in total. The summed E-state index contributed by atoms with van der Waals surface area (Å²) in [6.45, 7) is 1.80. The van der Waals surface area contributed by atoms with Gasteiger partial charge in [0.2, 0.25) is 11.1 Å². The fraction of sp³-hybridized carbons (Fsp3) is 0.118. The van der Waals surface area contributed by atoms with Crippen LogP contribution in [-0.4, -0.2) is 26.8 Å². The molecule has 0 saturated carbocycles. The molecule has 1 aromatic heterocycles. The maximum Gasteiger partial charge on any atom is 0.234 e. The van der Waals surface area contributed by atoms with Crippen molar-refractivity contribution in [1.82, 2.24) is 15.2 Å². The van der Waals surface area contributed by atoms with Crippen LogP contribution in [0.25, 0.3) is 11.4 Å². The number of hydrogen-bond donors (Lipinski definition) is 2. The highest BCUT2D eigenvalue weighted by atomic mass is 35.5. The third-order valence-corrected chi connectivity index (χ3v) is 4.49. The van der Waals surface area contributed by atoms with Crippen LogP contribution < -0.4 is 5.32 Å². The Bertz CT molecular complexity index is 898. The van der Waals surface area contributed by atoms with Gasteiger partial charge in [-0.25, -0.2) is 9.37 Å². The highest BCUT2D eigenvalue weighted by Gasteiger charge is 2.10. The van der Waals surface area contributed by atoms with E-state index in [1.54, 1.807) is 25.1 Å². The molecule has 0 unspecified atom stereocenters. The van der Waals surface area contributed by atoms with Crippen LogP contribution in [-0.2, 0) is 4.79 Å². The number of anilines is 1. The first-order valence-electron chi connectivity index (χ1n) is 7.38. The van der Waals surface area contributed by atoms with E-state index >= 15 is 0 Å². The minimum absolute atomic E-state index is 0.119. The standard InChI is InChI=1S/C17H14ClFN4OS/c1-10-2-7-13(19)8-14(10)20-15(24)9-25-17-21-16(22-23-17)11-3-5-12(18)6-4-11/h2-8H,9H2,1H3,(H,20,24)(H,21,22,23). The molecule has 0 aliphatic rings. The fourth-order valence-corrected chi connectivity index (χ4v) is 2.82. The molecule has 0 bridgehead atoms. The molecule has 2 aromatic carbocycles. The van der Waals surface area contributed by atoms with E-state index in [-0.39, 0.29) is 11.7 Å². The summed E-state index contributed by atoms with van der Waals surface area (Å²) in [5.74, 6) is 0.0700. The van der Waals surface area contributed by atoms with Crippen molar-refractivity contribution in [2.75, 3.05) is 11.1 Å². The fourth-order valence-electron chi connectivity index (χ4n) is 2.09.